The normalized spacial score (nSPS) is 12.2. The number of nitrogens with zero attached hydrogens (tertiary/aromatic N) is 4. The van der Waals surface area contributed by atoms with Gasteiger partial charge < -0.3 is 18.6 Å². The van der Waals surface area contributed by atoms with Gasteiger partial charge in [-0.3, -0.25) is 0 Å². The van der Waals surface area contributed by atoms with Gasteiger partial charge in [0.2, 0.25) is 0 Å². The number of aryl methyl sites for hydroxylation is 4. The van der Waals surface area contributed by atoms with Crippen LogP contribution in [-0.4, -0.2) is 8.80 Å². The van der Waals surface area contributed by atoms with E-state index in [4.69, 9.17) is 0 Å². The second-order valence-electron chi connectivity index (χ2n) is 17.3. The predicted octanol–water partition coefficient (Wildman–Crippen LogP) is 16.2. The van der Waals surface area contributed by atoms with E-state index in [0.717, 1.165) is 22.7 Å². The Balaban J connectivity index is 1.08. The van der Waals surface area contributed by atoms with Crippen LogP contribution in [-0.2, 0) is 0 Å². The number of anilines is 6. The molecule has 9 aromatic carbocycles. The second kappa shape index (κ2) is 12.8. The van der Waals surface area contributed by atoms with Crippen LogP contribution in [0.25, 0.3) is 76.2 Å². The van der Waals surface area contributed by atoms with E-state index >= 15 is 0 Å². The van der Waals surface area contributed by atoms with Gasteiger partial charge in [0.25, 0.3) is 0 Å². The summed E-state index contributed by atoms with van der Waals surface area (Å²) < 4.78 is 5.08. The summed E-state index contributed by atoms with van der Waals surface area (Å²) in [5.74, 6) is 0. The SMILES string of the molecule is Cc1ccc(N(c2ccccc2)c2ccc3c4cccc5c6cc7c(cc6n(c3c2)c45)c2cccc3c4ccc(N(c5ccccc5)c5ccc(C)cc5C)cc4n7c32)c(C)c1. The number of benzene rings is 9. The summed E-state index contributed by atoms with van der Waals surface area (Å²) in [6.45, 7) is 8.77. The van der Waals surface area contributed by atoms with Crippen molar-refractivity contribution in [1.82, 2.24) is 8.80 Å². The molecule has 13 aromatic rings. The molecule has 4 heterocycles. The Morgan fingerprint density at radius 3 is 1.08 bits per heavy atom. The zero-order valence-corrected chi connectivity index (χ0v) is 35.1. The Labute approximate surface area is 359 Å². The van der Waals surface area contributed by atoms with Gasteiger partial charge in [-0.05, 0) is 112 Å². The summed E-state index contributed by atoms with van der Waals surface area (Å²) in [6, 6.07) is 67.7. The van der Waals surface area contributed by atoms with Crippen molar-refractivity contribution >= 4 is 110 Å². The van der Waals surface area contributed by atoms with Crippen molar-refractivity contribution in [2.24, 2.45) is 0 Å². The third-order valence-corrected chi connectivity index (χ3v) is 13.5. The highest BCUT2D eigenvalue weighted by molar-refractivity contribution is 6.29. The lowest BCUT2D eigenvalue weighted by Gasteiger charge is -2.27. The average Bonchev–Trinajstić information content (AvgIpc) is 4.01. The Kier molecular flexibility index (Phi) is 7.25. The highest BCUT2D eigenvalue weighted by Crippen LogP contribution is 2.47. The Hall–Kier alpha value is -7.82. The fourth-order valence-electron chi connectivity index (χ4n) is 10.8. The lowest BCUT2D eigenvalue weighted by molar-refractivity contribution is 1.24. The van der Waals surface area contributed by atoms with Crippen LogP contribution in [0.15, 0.2) is 182 Å². The van der Waals surface area contributed by atoms with Crippen molar-refractivity contribution < 1.29 is 0 Å². The quantitative estimate of drug-likeness (QED) is 0.167. The Bertz CT molecular complexity index is 3650. The fraction of sp³-hybridized carbons (Fsp3) is 0.0690. The van der Waals surface area contributed by atoms with Crippen LogP contribution in [0.1, 0.15) is 22.3 Å². The molecule has 0 radical (unpaired) electrons. The van der Waals surface area contributed by atoms with Crippen molar-refractivity contribution in [1.29, 1.82) is 0 Å². The number of fused-ring (bicyclic) bond motifs is 12. The maximum Gasteiger partial charge on any atom is 0.0620 e. The molecule has 0 aliphatic rings. The van der Waals surface area contributed by atoms with Crippen molar-refractivity contribution in [3.63, 3.8) is 0 Å². The summed E-state index contributed by atoms with van der Waals surface area (Å²) >= 11 is 0. The first-order valence-corrected chi connectivity index (χ1v) is 21.6. The molecule has 0 spiro atoms. The Morgan fingerprint density at radius 2 is 0.677 bits per heavy atom. The maximum atomic E-state index is 2.54. The predicted molar refractivity (Wildman–Crippen MR) is 264 cm³/mol. The Morgan fingerprint density at radius 1 is 0.290 bits per heavy atom. The first-order valence-electron chi connectivity index (χ1n) is 21.6. The number of rotatable bonds is 6. The van der Waals surface area contributed by atoms with Crippen LogP contribution in [0.5, 0.6) is 0 Å². The highest BCUT2D eigenvalue weighted by atomic mass is 15.2. The number of para-hydroxylation sites is 4. The number of hydrogen-bond acceptors (Lipinski definition) is 2. The van der Waals surface area contributed by atoms with Gasteiger partial charge in [-0.2, -0.15) is 0 Å². The van der Waals surface area contributed by atoms with Crippen molar-refractivity contribution in [2.75, 3.05) is 9.80 Å². The summed E-state index contributed by atoms with van der Waals surface area (Å²) in [7, 11) is 0. The molecule has 0 unspecified atom stereocenters. The van der Waals surface area contributed by atoms with Gasteiger partial charge in [-0.25, -0.2) is 0 Å². The van der Waals surface area contributed by atoms with Gasteiger partial charge in [-0.1, -0.05) is 120 Å². The van der Waals surface area contributed by atoms with Crippen LogP contribution in [0.2, 0.25) is 0 Å². The minimum absolute atomic E-state index is 1.14. The lowest BCUT2D eigenvalue weighted by atomic mass is 10.0. The molecule has 62 heavy (non-hydrogen) atoms. The van der Waals surface area contributed by atoms with Crippen molar-refractivity contribution in [2.45, 2.75) is 27.7 Å². The van der Waals surface area contributed by atoms with E-state index in [0.29, 0.717) is 0 Å². The van der Waals surface area contributed by atoms with Crippen molar-refractivity contribution in [3.8, 4) is 0 Å². The molecule has 0 saturated carbocycles. The standard InChI is InChI=1S/C58H42N4/c1-35-21-27-51(37(3)29-35)59(39-13-7-5-8-14-39)41-23-25-43-45-17-11-19-47-49-34-56-50(33-55(49)61(57(45)47)53(43)31-41)48-20-12-18-46-44-26-24-42(32-54(44)62(56)58(46)48)60(40-15-9-6-10-16-40)52-28-22-36(2)30-38(52)4/h5-34H,1-4H3. The molecular formula is C58H42N4. The third kappa shape index (κ3) is 4.83. The van der Waals surface area contributed by atoms with E-state index in [9.17, 15) is 0 Å². The monoisotopic (exact) mass is 794 g/mol. The second-order valence-corrected chi connectivity index (χ2v) is 17.3. The first-order chi connectivity index (χ1) is 30.4. The highest BCUT2D eigenvalue weighted by Gasteiger charge is 2.25. The van der Waals surface area contributed by atoms with Crippen LogP contribution < -0.4 is 9.80 Å². The largest absolute Gasteiger partial charge is 0.310 e. The molecule has 4 heteroatoms. The molecule has 0 amide bonds. The molecule has 0 N–H and O–H groups in total. The molecule has 4 aromatic heterocycles. The summed E-state index contributed by atoms with van der Waals surface area (Å²) in [6.07, 6.45) is 0. The summed E-state index contributed by atoms with van der Waals surface area (Å²) in [5.41, 5.74) is 19.4. The molecule has 0 atom stereocenters. The van der Waals surface area contributed by atoms with Crippen molar-refractivity contribution in [3.05, 3.63) is 204 Å². The molecule has 0 bridgehead atoms. The van der Waals surface area contributed by atoms with E-state index < -0.39 is 0 Å². The van der Waals surface area contributed by atoms with Gasteiger partial charge in [-0.15, -0.1) is 0 Å². The van der Waals surface area contributed by atoms with Crippen LogP contribution in [0.3, 0.4) is 0 Å². The summed E-state index contributed by atoms with van der Waals surface area (Å²) in [5, 5.41) is 10.2. The van der Waals surface area contributed by atoms with Crippen LogP contribution in [0, 0.1) is 27.7 Å². The molecule has 0 fully saturated rings. The fourth-order valence-corrected chi connectivity index (χ4v) is 10.8. The first kappa shape index (κ1) is 35.0. The zero-order valence-electron chi connectivity index (χ0n) is 35.1. The number of aromatic nitrogens is 2. The minimum Gasteiger partial charge on any atom is -0.310 e. The van der Waals surface area contributed by atoms with Gasteiger partial charge >= 0.3 is 0 Å². The molecule has 4 nitrogen and oxygen atoms in total. The molecular weight excluding hydrogens is 753 g/mol. The summed E-state index contributed by atoms with van der Waals surface area (Å²) in [4.78, 5) is 4.82. The zero-order chi connectivity index (χ0) is 41.4. The third-order valence-electron chi connectivity index (χ3n) is 13.5. The topological polar surface area (TPSA) is 15.3 Å². The number of hydrogen-bond donors (Lipinski definition) is 0. The smallest absolute Gasteiger partial charge is 0.0620 e. The average molecular weight is 795 g/mol. The van der Waals surface area contributed by atoms with Crippen LogP contribution in [0.4, 0.5) is 34.1 Å². The molecule has 0 aliphatic carbocycles. The molecule has 0 aliphatic heterocycles. The van der Waals surface area contributed by atoms with E-state index in [-0.39, 0.29) is 0 Å². The van der Waals surface area contributed by atoms with Gasteiger partial charge in [0.15, 0.2) is 0 Å². The van der Waals surface area contributed by atoms with Gasteiger partial charge in [0.1, 0.15) is 0 Å². The van der Waals surface area contributed by atoms with E-state index in [1.54, 1.807) is 0 Å². The lowest BCUT2D eigenvalue weighted by Crippen LogP contribution is -2.11. The maximum absolute atomic E-state index is 2.54. The van der Waals surface area contributed by atoms with Gasteiger partial charge in [0.05, 0.1) is 33.1 Å². The van der Waals surface area contributed by atoms with E-state index in [1.807, 2.05) is 0 Å². The minimum atomic E-state index is 1.14. The van der Waals surface area contributed by atoms with Gasteiger partial charge in [0, 0.05) is 77.2 Å². The molecule has 294 valence electrons. The molecule has 13 rings (SSSR count). The molecule has 0 saturated heterocycles. The van der Waals surface area contributed by atoms with E-state index in [1.165, 1.54) is 110 Å². The van der Waals surface area contributed by atoms with E-state index in [2.05, 4.69) is 228 Å². The van der Waals surface area contributed by atoms with Crippen LogP contribution >= 0.6 is 0 Å².